The van der Waals surface area contributed by atoms with Gasteiger partial charge in [-0.2, -0.15) is 0 Å². The first-order chi connectivity index (χ1) is 8.83. The van der Waals surface area contributed by atoms with Crippen molar-refractivity contribution >= 4 is 5.78 Å². The van der Waals surface area contributed by atoms with Gasteiger partial charge < -0.3 is 0 Å². The Labute approximate surface area is 108 Å². The van der Waals surface area contributed by atoms with E-state index in [1.807, 2.05) is 79.7 Å². The molecule has 2 rings (SSSR count). The van der Waals surface area contributed by atoms with Gasteiger partial charge in [0.05, 0.1) is 5.92 Å². The van der Waals surface area contributed by atoms with Gasteiger partial charge >= 0.3 is 0 Å². The number of hydrogen-bond acceptors (Lipinski definition) is 1. The third kappa shape index (κ3) is 2.75. The second kappa shape index (κ2) is 5.97. The van der Waals surface area contributed by atoms with Gasteiger partial charge in [-0.25, -0.2) is 0 Å². The highest BCUT2D eigenvalue weighted by Crippen LogP contribution is 2.22. The summed E-state index contributed by atoms with van der Waals surface area (Å²) in [5.74, 6) is -0.0569. The van der Waals surface area contributed by atoms with Gasteiger partial charge in [0.2, 0.25) is 0 Å². The van der Waals surface area contributed by atoms with E-state index in [9.17, 15) is 4.79 Å². The Morgan fingerprint density at radius 3 is 2.06 bits per heavy atom. The highest BCUT2D eigenvalue weighted by atomic mass is 16.1. The van der Waals surface area contributed by atoms with E-state index >= 15 is 0 Å². The third-order valence-electron chi connectivity index (χ3n) is 2.88. The Balaban J connectivity index is 2.35. The fourth-order valence-electron chi connectivity index (χ4n) is 1.98. The van der Waals surface area contributed by atoms with E-state index in [0.29, 0.717) is 0 Å². The molecule has 0 N–H and O–H groups in total. The van der Waals surface area contributed by atoms with Gasteiger partial charge in [0.25, 0.3) is 0 Å². The van der Waals surface area contributed by atoms with Crippen LogP contribution in [0.25, 0.3) is 0 Å². The Bertz CT molecular complexity index is 526. The fraction of sp³-hybridized carbons (Fsp3) is 0.118. The number of carbonyl (C=O) groups is 1. The highest BCUT2D eigenvalue weighted by Gasteiger charge is 2.18. The summed E-state index contributed by atoms with van der Waals surface area (Å²) in [5.41, 5.74) is 1.79. The summed E-state index contributed by atoms with van der Waals surface area (Å²) < 4.78 is 0. The summed E-state index contributed by atoms with van der Waals surface area (Å²) in [6.07, 6.45) is 3.88. The van der Waals surface area contributed by atoms with Gasteiger partial charge in [0.15, 0.2) is 5.78 Å². The van der Waals surface area contributed by atoms with Crippen LogP contribution in [0.5, 0.6) is 0 Å². The first kappa shape index (κ1) is 12.3. The summed E-state index contributed by atoms with van der Waals surface area (Å²) in [5, 5.41) is 0. The number of hydrogen-bond donors (Lipinski definition) is 0. The van der Waals surface area contributed by atoms with Crippen molar-refractivity contribution in [2.24, 2.45) is 0 Å². The average molecular weight is 236 g/mol. The Morgan fingerprint density at radius 1 is 0.944 bits per heavy atom. The van der Waals surface area contributed by atoms with Gasteiger partial charge in [0.1, 0.15) is 0 Å². The number of carbonyl (C=O) groups excluding carboxylic acids is 1. The highest BCUT2D eigenvalue weighted by molar-refractivity contribution is 6.02. The molecule has 0 aromatic heterocycles. The standard InChI is InChI=1S/C17H16O/c1-2-9-16(14-10-5-3-6-11-14)17(18)15-12-7-4-8-13-15/h2-13,16H,1H3. The van der Waals surface area contributed by atoms with Crippen LogP contribution in [-0.4, -0.2) is 5.78 Å². The molecule has 0 aliphatic carbocycles. The van der Waals surface area contributed by atoms with Crippen LogP contribution >= 0.6 is 0 Å². The maximum atomic E-state index is 12.5. The predicted octanol–water partition coefficient (Wildman–Crippen LogP) is 4.23. The van der Waals surface area contributed by atoms with E-state index in [-0.39, 0.29) is 11.7 Å². The van der Waals surface area contributed by atoms with Crippen molar-refractivity contribution in [3.8, 4) is 0 Å². The lowest BCUT2D eigenvalue weighted by molar-refractivity contribution is 0.0976. The van der Waals surface area contributed by atoms with Crippen molar-refractivity contribution in [3.63, 3.8) is 0 Å². The summed E-state index contributed by atoms with van der Waals surface area (Å²) >= 11 is 0. The van der Waals surface area contributed by atoms with Crippen molar-refractivity contribution < 1.29 is 4.79 Å². The first-order valence-electron chi connectivity index (χ1n) is 6.10. The van der Waals surface area contributed by atoms with Crippen LogP contribution in [0, 0.1) is 0 Å². The lowest BCUT2D eigenvalue weighted by atomic mass is 9.90. The molecule has 0 bridgehead atoms. The average Bonchev–Trinajstić information content (AvgIpc) is 2.46. The number of benzene rings is 2. The SMILES string of the molecule is CC=CC(C(=O)c1ccccc1)c1ccccc1. The van der Waals surface area contributed by atoms with Crippen molar-refractivity contribution in [2.45, 2.75) is 12.8 Å². The summed E-state index contributed by atoms with van der Waals surface area (Å²) in [6.45, 7) is 1.94. The van der Waals surface area contributed by atoms with E-state index < -0.39 is 0 Å². The minimum atomic E-state index is -0.196. The molecule has 0 fully saturated rings. The fourth-order valence-corrected chi connectivity index (χ4v) is 1.98. The zero-order valence-corrected chi connectivity index (χ0v) is 10.4. The lowest BCUT2D eigenvalue weighted by Crippen LogP contribution is -2.10. The van der Waals surface area contributed by atoms with Crippen LogP contribution in [0.1, 0.15) is 28.8 Å². The molecule has 1 atom stereocenters. The monoisotopic (exact) mass is 236 g/mol. The molecule has 2 aromatic carbocycles. The molecule has 0 heterocycles. The van der Waals surface area contributed by atoms with Crippen molar-refractivity contribution in [1.82, 2.24) is 0 Å². The molecule has 0 saturated heterocycles. The Kier molecular flexibility index (Phi) is 4.08. The van der Waals surface area contributed by atoms with Crippen LogP contribution in [0.4, 0.5) is 0 Å². The Morgan fingerprint density at radius 2 is 1.50 bits per heavy atom. The second-order valence-corrected chi connectivity index (χ2v) is 4.14. The number of allylic oxidation sites excluding steroid dienone is 2. The van der Waals surface area contributed by atoms with Crippen LogP contribution in [0.2, 0.25) is 0 Å². The number of rotatable bonds is 4. The summed E-state index contributed by atoms with van der Waals surface area (Å²) in [6, 6.07) is 19.3. The number of Topliss-reactive ketones (excluding diaryl/α,β-unsaturated/α-hetero) is 1. The zero-order chi connectivity index (χ0) is 12.8. The molecule has 0 aliphatic rings. The van der Waals surface area contributed by atoms with E-state index in [2.05, 4.69) is 0 Å². The summed E-state index contributed by atoms with van der Waals surface area (Å²) in [4.78, 5) is 12.5. The smallest absolute Gasteiger partial charge is 0.174 e. The van der Waals surface area contributed by atoms with Crippen molar-refractivity contribution in [2.75, 3.05) is 0 Å². The molecule has 1 heteroatoms. The molecule has 0 spiro atoms. The van der Waals surface area contributed by atoms with E-state index in [1.54, 1.807) is 0 Å². The maximum Gasteiger partial charge on any atom is 0.174 e. The second-order valence-electron chi connectivity index (χ2n) is 4.14. The molecule has 18 heavy (non-hydrogen) atoms. The molecule has 90 valence electrons. The minimum Gasteiger partial charge on any atom is -0.293 e. The largest absolute Gasteiger partial charge is 0.293 e. The van der Waals surface area contributed by atoms with Crippen LogP contribution in [0.15, 0.2) is 72.8 Å². The van der Waals surface area contributed by atoms with Crippen LogP contribution < -0.4 is 0 Å². The van der Waals surface area contributed by atoms with E-state index in [4.69, 9.17) is 0 Å². The third-order valence-corrected chi connectivity index (χ3v) is 2.88. The first-order valence-corrected chi connectivity index (χ1v) is 6.10. The molecule has 1 nitrogen and oxygen atoms in total. The zero-order valence-electron chi connectivity index (χ0n) is 10.4. The number of ketones is 1. The molecule has 0 saturated carbocycles. The van der Waals surface area contributed by atoms with Gasteiger partial charge in [0, 0.05) is 5.56 Å². The molecular weight excluding hydrogens is 220 g/mol. The van der Waals surface area contributed by atoms with Crippen LogP contribution in [0.3, 0.4) is 0 Å². The molecule has 0 radical (unpaired) electrons. The van der Waals surface area contributed by atoms with E-state index in [0.717, 1.165) is 11.1 Å². The van der Waals surface area contributed by atoms with Gasteiger partial charge in [-0.15, -0.1) is 0 Å². The van der Waals surface area contributed by atoms with E-state index in [1.165, 1.54) is 0 Å². The normalized spacial score (nSPS) is 12.5. The van der Waals surface area contributed by atoms with Gasteiger partial charge in [-0.1, -0.05) is 72.8 Å². The molecule has 2 aromatic rings. The predicted molar refractivity (Wildman–Crippen MR) is 74.8 cm³/mol. The van der Waals surface area contributed by atoms with Gasteiger partial charge in [-0.3, -0.25) is 4.79 Å². The maximum absolute atomic E-state index is 12.5. The Hall–Kier alpha value is -2.15. The molecule has 0 aliphatic heterocycles. The van der Waals surface area contributed by atoms with Crippen molar-refractivity contribution in [3.05, 3.63) is 83.9 Å². The molecule has 1 unspecified atom stereocenters. The van der Waals surface area contributed by atoms with Crippen LogP contribution in [-0.2, 0) is 0 Å². The minimum absolute atomic E-state index is 0.139. The molecular formula is C17H16O. The molecule has 0 amide bonds. The lowest BCUT2D eigenvalue weighted by Gasteiger charge is -2.12. The quantitative estimate of drug-likeness (QED) is 0.573. The van der Waals surface area contributed by atoms with Crippen molar-refractivity contribution in [1.29, 1.82) is 0 Å². The topological polar surface area (TPSA) is 17.1 Å². The summed E-state index contributed by atoms with van der Waals surface area (Å²) in [7, 11) is 0. The van der Waals surface area contributed by atoms with Gasteiger partial charge in [-0.05, 0) is 12.5 Å².